The van der Waals surface area contributed by atoms with Crippen molar-refractivity contribution < 1.29 is 9.72 Å². The highest BCUT2D eigenvalue weighted by Gasteiger charge is 2.26. The van der Waals surface area contributed by atoms with Gasteiger partial charge in [-0.1, -0.05) is 11.8 Å². The number of nitro benzene ring substituents is 1. The summed E-state index contributed by atoms with van der Waals surface area (Å²) in [5.74, 6) is -0.168. The summed E-state index contributed by atoms with van der Waals surface area (Å²) in [5.41, 5.74) is 1.17. The van der Waals surface area contributed by atoms with E-state index in [9.17, 15) is 14.9 Å². The monoisotopic (exact) mass is 378 g/mol. The van der Waals surface area contributed by atoms with E-state index < -0.39 is 4.92 Å². The van der Waals surface area contributed by atoms with E-state index in [0.717, 1.165) is 23.1 Å². The van der Waals surface area contributed by atoms with E-state index in [0.29, 0.717) is 17.0 Å². The highest BCUT2D eigenvalue weighted by atomic mass is 32.2. The third-order valence-electron chi connectivity index (χ3n) is 3.96. The maximum absolute atomic E-state index is 12.7. The lowest BCUT2D eigenvalue weighted by atomic mass is 10.1. The zero-order chi connectivity index (χ0) is 18.0. The molecule has 2 aromatic rings. The van der Waals surface area contributed by atoms with Gasteiger partial charge in [0.15, 0.2) is 4.34 Å². The number of nitrogens with zero attached hydrogens (tertiary/aromatic N) is 3. The Labute approximate surface area is 153 Å². The number of aryl methyl sites for hydroxylation is 1. The molecule has 1 saturated heterocycles. The number of benzene rings is 1. The first-order chi connectivity index (χ1) is 12.0. The fraction of sp³-hybridized carbons (Fsp3) is 0.375. The van der Waals surface area contributed by atoms with Crippen LogP contribution in [-0.4, -0.2) is 46.4 Å². The molecule has 0 bridgehead atoms. The molecule has 1 atom stereocenters. The number of rotatable bonds is 4. The van der Waals surface area contributed by atoms with Crippen molar-refractivity contribution in [1.82, 2.24) is 15.2 Å². The lowest BCUT2D eigenvalue weighted by molar-refractivity contribution is -0.387. The Kier molecular flexibility index (Phi) is 5.36. The largest absolute Gasteiger partial charge is 0.333 e. The lowest BCUT2D eigenvalue weighted by Crippen LogP contribution is -2.52. The van der Waals surface area contributed by atoms with E-state index in [1.807, 2.05) is 19.2 Å². The maximum Gasteiger partial charge on any atom is 0.284 e. The highest BCUT2D eigenvalue weighted by molar-refractivity contribution is 8.01. The van der Waals surface area contributed by atoms with Crippen molar-refractivity contribution in [1.29, 1.82) is 0 Å². The Bertz CT molecular complexity index is 808. The first-order valence-corrected chi connectivity index (χ1v) is 9.55. The number of nitrogens with one attached hydrogen (secondary N) is 1. The number of aromatic nitrogens is 1. The van der Waals surface area contributed by atoms with Crippen LogP contribution in [0.1, 0.15) is 23.0 Å². The second-order valence-corrected chi connectivity index (χ2v) is 8.00. The molecule has 1 aromatic carbocycles. The van der Waals surface area contributed by atoms with Gasteiger partial charge in [-0.05, 0) is 26.0 Å². The van der Waals surface area contributed by atoms with Gasteiger partial charge in [0.05, 0.1) is 9.82 Å². The molecule has 0 saturated carbocycles. The van der Waals surface area contributed by atoms with Gasteiger partial charge in [0, 0.05) is 48.4 Å². The molecule has 25 heavy (non-hydrogen) atoms. The number of thiazole rings is 1. The molecule has 7 nitrogen and oxygen atoms in total. The molecule has 1 aliphatic rings. The number of carbonyl (C=O) groups excluding carboxylic acids is 1. The van der Waals surface area contributed by atoms with Gasteiger partial charge in [0.25, 0.3) is 11.6 Å². The molecule has 1 aliphatic heterocycles. The van der Waals surface area contributed by atoms with Crippen LogP contribution in [0.25, 0.3) is 0 Å². The third kappa shape index (κ3) is 4.00. The minimum atomic E-state index is -0.444. The van der Waals surface area contributed by atoms with E-state index in [1.165, 1.54) is 29.2 Å². The number of hydrogen-bond donors (Lipinski definition) is 1. The van der Waals surface area contributed by atoms with E-state index in [1.54, 1.807) is 17.0 Å². The van der Waals surface area contributed by atoms with Crippen LogP contribution in [-0.2, 0) is 0 Å². The second kappa shape index (κ2) is 7.51. The van der Waals surface area contributed by atoms with Crippen molar-refractivity contribution in [3.8, 4) is 0 Å². The summed E-state index contributed by atoms with van der Waals surface area (Å²) in [7, 11) is 0. The van der Waals surface area contributed by atoms with Crippen LogP contribution in [0, 0.1) is 17.0 Å². The zero-order valence-electron chi connectivity index (χ0n) is 13.9. The number of carbonyl (C=O) groups is 1. The van der Waals surface area contributed by atoms with Gasteiger partial charge in [-0.25, -0.2) is 4.98 Å². The number of hydrogen-bond acceptors (Lipinski definition) is 7. The molecule has 1 amide bonds. The fourth-order valence-corrected chi connectivity index (χ4v) is 4.54. The lowest BCUT2D eigenvalue weighted by Gasteiger charge is -2.34. The number of piperazine rings is 1. The maximum atomic E-state index is 12.7. The topological polar surface area (TPSA) is 88.4 Å². The van der Waals surface area contributed by atoms with Crippen LogP contribution in [0.15, 0.2) is 32.8 Å². The summed E-state index contributed by atoms with van der Waals surface area (Å²) in [6, 6.07) is 4.74. The molecule has 0 radical (unpaired) electrons. The quantitative estimate of drug-likeness (QED) is 0.650. The van der Waals surface area contributed by atoms with Crippen molar-refractivity contribution >= 4 is 34.7 Å². The van der Waals surface area contributed by atoms with E-state index in [4.69, 9.17) is 0 Å². The Hall–Kier alpha value is -1.97. The van der Waals surface area contributed by atoms with Crippen molar-refractivity contribution in [2.75, 3.05) is 19.6 Å². The van der Waals surface area contributed by atoms with Crippen molar-refractivity contribution in [2.45, 2.75) is 29.1 Å². The van der Waals surface area contributed by atoms with Crippen LogP contribution in [0.3, 0.4) is 0 Å². The van der Waals surface area contributed by atoms with Gasteiger partial charge < -0.3 is 10.2 Å². The molecular formula is C16H18N4O3S2. The average Bonchev–Trinajstić information content (AvgIpc) is 3.00. The molecule has 1 N–H and O–H groups in total. The Morgan fingerprint density at radius 1 is 1.52 bits per heavy atom. The van der Waals surface area contributed by atoms with Gasteiger partial charge in [0.1, 0.15) is 0 Å². The van der Waals surface area contributed by atoms with Crippen molar-refractivity contribution in [3.05, 3.63) is 45.0 Å². The number of amides is 1. The molecule has 1 aromatic heterocycles. The number of nitro groups is 1. The minimum absolute atomic E-state index is 0.0626. The summed E-state index contributed by atoms with van der Waals surface area (Å²) in [5, 5.41) is 16.6. The Balaban J connectivity index is 1.88. The molecule has 0 aliphatic carbocycles. The van der Waals surface area contributed by atoms with Crippen LogP contribution >= 0.6 is 23.1 Å². The molecule has 1 fully saturated rings. The second-order valence-electron chi connectivity index (χ2n) is 5.85. The summed E-state index contributed by atoms with van der Waals surface area (Å²) in [4.78, 5) is 30.3. The van der Waals surface area contributed by atoms with Crippen LogP contribution < -0.4 is 5.32 Å². The first kappa shape index (κ1) is 17.8. The highest BCUT2D eigenvalue weighted by Crippen LogP contribution is 2.37. The standard InChI is InChI=1S/C16H18N4O3S2/c1-10-9-24-16(18-10)25-14-4-3-12(7-13(14)20(22)23)15(21)19-6-5-17-8-11(19)2/h3-4,7,9,11,17H,5-6,8H2,1-2H3. The van der Waals surface area contributed by atoms with E-state index >= 15 is 0 Å². The molecule has 3 rings (SSSR count). The molecular weight excluding hydrogens is 360 g/mol. The molecule has 1 unspecified atom stereocenters. The van der Waals surface area contributed by atoms with E-state index in [-0.39, 0.29) is 17.6 Å². The molecule has 9 heteroatoms. The normalized spacial score (nSPS) is 17.5. The summed E-state index contributed by atoms with van der Waals surface area (Å²) in [6.07, 6.45) is 0. The Morgan fingerprint density at radius 2 is 2.32 bits per heavy atom. The van der Waals surface area contributed by atoms with Gasteiger partial charge >= 0.3 is 0 Å². The summed E-state index contributed by atoms with van der Waals surface area (Å²) in [6.45, 7) is 5.90. The predicted octanol–water partition coefficient (Wildman–Crippen LogP) is 2.94. The van der Waals surface area contributed by atoms with Gasteiger partial charge in [0.2, 0.25) is 0 Å². The van der Waals surface area contributed by atoms with Gasteiger partial charge in [-0.15, -0.1) is 11.3 Å². The SMILES string of the molecule is Cc1csc(Sc2ccc(C(=O)N3CCNCC3C)cc2[N+](=O)[O-])n1. The molecule has 132 valence electrons. The minimum Gasteiger partial charge on any atom is -0.333 e. The van der Waals surface area contributed by atoms with Crippen LogP contribution in [0.4, 0.5) is 5.69 Å². The molecule has 0 spiro atoms. The summed E-state index contributed by atoms with van der Waals surface area (Å²) >= 11 is 2.70. The van der Waals surface area contributed by atoms with Gasteiger partial charge in [-0.3, -0.25) is 14.9 Å². The third-order valence-corrected chi connectivity index (χ3v) is 6.08. The van der Waals surface area contributed by atoms with Crippen molar-refractivity contribution in [3.63, 3.8) is 0 Å². The van der Waals surface area contributed by atoms with E-state index in [2.05, 4.69) is 10.3 Å². The van der Waals surface area contributed by atoms with Gasteiger partial charge in [-0.2, -0.15) is 0 Å². The smallest absolute Gasteiger partial charge is 0.284 e. The van der Waals surface area contributed by atoms with Crippen LogP contribution in [0.2, 0.25) is 0 Å². The van der Waals surface area contributed by atoms with Crippen LogP contribution in [0.5, 0.6) is 0 Å². The summed E-state index contributed by atoms with van der Waals surface area (Å²) < 4.78 is 0.746. The fourth-order valence-electron chi connectivity index (χ4n) is 2.66. The predicted molar refractivity (Wildman–Crippen MR) is 97.4 cm³/mol. The molecule has 2 heterocycles. The zero-order valence-corrected chi connectivity index (χ0v) is 15.5. The Morgan fingerprint density at radius 3 is 2.96 bits per heavy atom. The van der Waals surface area contributed by atoms with Crippen molar-refractivity contribution in [2.24, 2.45) is 0 Å². The first-order valence-electron chi connectivity index (χ1n) is 7.86. The average molecular weight is 378 g/mol.